The summed E-state index contributed by atoms with van der Waals surface area (Å²) in [6.07, 6.45) is 1.81. The van der Waals surface area contributed by atoms with Crippen molar-refractivity contribution in [1.82, 2.24) is 19.6 Å². The molecule has 0 N–H and O–H groups in total. The molecule has 0 saturated heterocycles. The Hall–Kier alpha value is -2.74. The van der Waals surface area contributed by atoms with Crippen LogP contribution < -0.4 is 0 Å². The highest BCUT2D eigenvalue weighted by molar-refractivity contribution is 5.62. The van der Waals surface area contributed by atoms with Gasteiger partial charge in [0.1, 0.15) is 0 Å². The monoisotopic (exact) mass is 249 g/mol. The summed E-state index contributed by atoms with van der Waals surface area (Å²) in [5, 5.41) is 17.2. The molecule has 19 heavy (non-hydrogen) atoms. The minimum atomic E-state index is 0.574. The van der Waals surface area contributed by atoms with Gasteiger partial charge in [-0.1, -0.05) is 0 Å². The van der Waals surface area contributed by atoms with Crippen molar-refractivity contribution in [2.24, 2.45) is 0 Å². The zero-order valence-corrected chi connectivity index (χ0v) is 10.6. The highest BCUT2D eigenvalue weighted by atomic mass is 15.2. The first-order valence-corrected chi connectivity index (χ1v) is 5.88. The summed E-state index contributed by atoms with van der Waals surface area (Å²) in [6.45, 7) is 3.91. The molecule has 5 heteroatoms. The number of aryl methyl sites for hydroxylation is 2. The number of hydrogen-bond donors (Lipinski definition) is 0. The van der Waals surface area contributed by atoms with Crippen LogP contribution in [0.4, 0.5) is 0 Å². The predicted molar refractivity (Wildman–Crippen MR) is 70.4 cm³/mol. The van der Waals surface area contributed by atoms with Crippen LogP contribution >= 0.6 is 0 Å². The second-order valence-corrected chi connectivity index (χ2v) is 4.36. The summed E-state index contributed by atoms with van der Waals surface area (Å²) in [4.78, 5) is 4.44. The summed E-state index contributed by atoms with van der Waals surface area (Å²) in [5.41, 5.74) is 4.07. The second kappa shape index (κ2) is 4.18. The largest absolute Gasteiger partial charge is 0.282 e. The molecule has 0 atom stereocenters. The van der Waals surface area contributed by atoms with Crippen molar-refractivity contribution in [2.45, 2.75) is 13.8 Å². The Morgan fingerprint density at radius 1 is 1.16 bits per heavy atom. The van der Waals surface area contributed by atoms with Crippen LogP contribution in [-0.2, 0) is 0 Å². The van der Waals surface area contributed by atoms with Crippen molar-refractivity contribution in [3.05, 3.63) is 47.4 Å². The third-order valence-electron chi connectivity index (χ3n) is 3.01. The molecule has 3 heterocycles. The number of nitriles is 1. The van der Waals surface area contributed by atoms with E-state index >= 15 is 0 Å². The molecular weight excluding hydrogens is 238 g/mol. The third-order valence-corrected chi connectivity index (χ3v) is 3.01. The summed E-state index contributed by atoms with van der Waals surface area (Å²) >= 11 is 0. The van der Waals surface area contributed by atoms with E-state index in [9.17, 15) is 0 Å². The average Bonchev–Trinajstić information content (AvgIpc) is 2.81. The van der Waals surface area contributed by atoms with Gasteiger partial charge in [-0.25, -0.2) is 0 Å². The fourth-order valence-electron chi connectivity index (χ4n) is 2.07. The van der Waals surface area contributed by atoms with Gasteiger partial charge in [0.05, 0.1) is 11.6 Å². The zero-order chi connectivity index (χ0) is 13.4. The van der Waals surface area contributed by atoms with Gasteiger partial charge in [0.2, 0.25) is 0 Å². The smallest absolute Gasteiger partial charge is 0.170 e. The number of aromatic nitrogens is 4. The number of nitrogens with zero attached hydrogens (tertiary/aromatic N) is 5. The van der Waals surface area contributed by atoms with Crippen LogP contribution in [0.25, 0.3) is 17.0 Å². The maximum atomic E-state index is 8.88. The molecule has 5 nitrogen and oxygen atoms in total. The van der Waals surface area contributed by atoms with Crippen LogP contribution in [-0.4, -0.2) is 19.6 Å². The molecule has 3 aromatic rings. The molecule has 3 aromatic heterocycles. The molecule has 0 radical (unpaired) electrons. The van der Waals surface area contributed by atoms with Crippen LogP contribution in [0.15, 0.2) is 30.5 Å². The molecular formula is C14H11N5. The molecule has 0 unspecified atom stereocenters. The Labute approximate surface area is 110 Å². The normalized spacial score (nSPS) is 10.6. The molecule has 0 aromatic carbocycles. The molecule has 0 bridgehead atoms. The Balaban J connectivity index is 2.23. The van der Waals surface area contributed by atoms with E-state index in [2.05, 4.69) is 21.3 Å². The van der Waals surface area contributed by atoms with Crippen molar-refractivity contribution < 1.29 is 0 Å². The second-order valence-electron chi connectivity index (χ2n) is 4.36. The van der Waals surface area contributed by atoms with E-state index in [1.165, 1.54) is 0 Å². The standard InChI is InChI=1S/C14H11N5/c1-9-3-4-12(10(2)16-9)14-18-17-13-7-11(8-15)5-6-19(13)14/h3-7H,1-2H3. The Morgan fingerprint density at radius 2 is 2.00 bits per heavy atom. The minimum absolute atomic E-state index is 0.574. The minimum Gasteiger partial charge on any atom is -0.282 e. The lowest BCUT2D eigenvalue weighted by Gasteiger charge is -2.04. The lowest BCUT2D eigenvalue weighted by atomic mass is 10.1. The van der Waals surface area contributed by atoms with Crippen molar-refractivity contribution in [3.8, 4) is 17.5 Å². The van der Waals surface area contributed by atoms with Gasteiger partial charge in [0.25, 0.3) is 0 Å². The van der Waals surface area contributed by atoms with Gasteiger partial charge in [-0.2, -0.15) is 5.26 Å². The van der Waals surface area contributed by atoms with E-state index in [1.807, 2.05) is 36.6 Å². The first-order valence-electron chi connectivity index (χ1n) is 5.88. The van der Waals surface area contributed by atoms with Crippen molar-refractivity contribution in [2.75, 3.05) is 0 Å². The van der Waals surface area contributed by atoms with Crippen LogP contribution in [0.2, 0.25) is 0 Å². The van der Waals surface area contributed by atoms with Gasteiger partial charge < -0.3 is 0 Å². The number of fused-ring (bicyclic) bond motifs is 1. The lowest BCUT2D eigenvalue weighted by molar-refractivity contribution is 1.07. The molecule has 0 aliphatic carbocycles. The quantitative estimate of drug-likeness (QED) is 0.663. The Kier molecular flexibility index (Phi) is 2.50. The lowest BCUT2D eigenvalue weighted by Crippen LogP contribution is -1.95. The number of rotatable bonds is 1. The summed E-state index contributed by atoms with van der Waals surface area (Å²) in [7, 11) is 0. The molecule has 0 aliphatic rings. The summed E-state index contributed by atoms with van der Waals surface area (Å²) in [5.74, 6) is 0.740. The SMILES string of the molecule is Cc1ccc(-c2nnc3cc(C#N)ccn23)c(C)n1. The molecule has 92 valence electrons. The third kappa shape index (κ3) is 1.83. The fourth-order valence-corrected chi connectivity index (χ4v) is 2.07. The molecule has 0 spiro atoms. The van der Waals surface area contributed by atoms with Crippen molar-refractivity contribution in [1.29, 1.82) is 5.26 Å². The first kappa shape index (κ1) is 11.4. The maximum Gasteiger partial charge on any atom is 0.170 e. The molecule has 0 aliphatic heterocycles. The van der Waals surface area contributed by atoms with E-state index in [4.69, 9.17) is 5.26 Å². The number of hydrogen-bond acceptors (Lipinski definition) is 4. The maximum absolute atomic E-state index is 8.88. The van der Waals surface area contributed by atoms with E-state index in [0.717, 1.165) is 22.8 Å². The van der Waals surface area contributed by atoms with Crippen LogP contribution in [0.1, 0.15) is 17.0 Å². The van der Waals surface area contributed by atoms with E-state index in [0.29, 0.717) is 11.2 Å². The molecule has 0 fully saturated rings. The molecule has 3 rings (SSSR count). The highest BCUT2D eigenvalue weighted by Gasteiger charge is 2.11. The topological polar surface area (TPSA) is 66.9 Å². The van der Waals surface area contributed by atoms with E-state index in [1.54, 1.807) is 12.1 Å². The molecule has 0 amide bonds. The van der Waals surface area contributed by atoms with Crippen LogP contribution in [0.3, 0.4) is 0 Å². The highest BCUT2D eigenvalue weighted by Crippen LogP contribution is 2.21. The zero-order valence-electron chi connectivity index (χ0n) is 10.6. The van der Waals surface area contributed by atoms with Gasteiger partial charge in [0.15, 0.2) is 11.5 Å². The summed E-state index contributed by atoms with van der Waals surface area (Å²) in [6, 6.07) is 9.50. The average molecular weight is 249 g/mol. The molecule has 0 saturated carbocycles. The van der Waals surface area contributed by atoms with Gasteiger partial charge in [0, 0.05) is 29.2 Å². The Bertz CT molecular complexity index is 810. The summed E-state index contributed by atoms with van der Waals surface area (Å²) < 4.78 is 1.86. The van der Waals surface area contributed by atoms with Gasteiger partial charge in [-0.3, -0.25) is 9.38 Å². The van der Waals surface area contributed by atoms with Gasteiger partial charge in [-0.05, 0) is 32.0 Å². The predicted octanol–water partition coefficient (Wildman–Crippen LogP) is 2.28. The van der Waals surface area contributed by atoms with Crippen molar-refractivity contribution in [3.63, 3.8) is 0 Å². The fraction of sp³-hybridized carbons (Fsp3) is 0.143. The van der Waals surface area contributed by atoms with Gasteiger partial charge in [-0.15, -0.1) is 10.2 Å². The van der Waals surface area contributed by atoms with Crippen molar-refractivity contribution >= 4 is 5.65 Å². The van der Waals surface area contributed by atoms with Gasteiger partial charge >= 0.3 is 0 Å². The van der Waals surface area contributed by atoms with Crippen LogP contribution in [0, 0.1) is 25.2 Å². The van der Waals surface area contributed by atoms with Crippen LogP contribution in [0.5, 0.6) is 0 Å². The van der Waals surface area contributed by atoms with E-state index < -0.39 is 0 Å². The first-order chi connectivity index (χ1) is 9.19. The Morgan fingerprint density at radius 3 is 2.74 bits per heavy atom. The van der Waals surface area contributed by atoms with E-state index in [-0.39, 0.29) is 0 Å². The number of pyridine rings is 2.